The Bertz CT molecular complexity index is 851. The first-order valence-corrected chi connectivity index (χ1v) is 9.46. The van der Waals surface area contributed by atoms with Crippen LogP contribution in [0, 0.1) is 6.92 Å². The van der Waals surface area contributed by atoms with Crippen molar-refractivity contribution in [1.82, 2.24) is 4.72 Å². The van der Waals surface area contributed by atoms with Gasteiger partial charge in [-0.15, -0.1) is 0 Å². The molecule has 2 aromatic rings. The topological polar surface area (TPSA) is 84.5 Å². The van der Waals surface area contributed by atoms with Crippen molar-refractivity contribution >= 4 is 33.2 Å². The summed E-state index contributed by atoms with van der Waals surface area (Å²) in [6.07, 6.45) is 0. The maximum absolute atomic E-state index is 12.2. The average molecular weight is 383 g/mol. The van der Waals surface area contributed by atoms with Crippen LogP contribution in [0.1, 0.15) is 12.5 Å². The third kappa shape index (κ3) is 5.45. The number of sulfonamides is 1. The molecule has 0 aliphatic carbocycles. The molecular formula is C17H19ClN2O4S. The van der Waals surface area contributed by atoms with Gasteiger partial charge in [0.05, 0.1) is 18.0 Å². The normalized spacial score (nSPS) is 11.2. The van der Waals surface area contributed by atoms with E-state index in [-0.39, 0.29) is 11.4 Å². The van der Waals surface area contributed by atoms with Gasteiger partial charge in [-0.3, -0.25) is 4.79 Å². The lowest BCUT2D eigenvalue weighted by atomic mass is 10.2. The van der Waals surface area contributed by atoms with Gasteiger partial charge in [0.25, 0.3) is 0 Å². The lowest BCUT2D eigenvalue weighted by Gasteiger charge is -2.09. The van der Waals surface area contributed by atoms with E-state index in [1.54, 1.807) is 30.3 Å². The first kappa shape index (κ1) is 19.2. The van der Waals surface area contributed by atoms with Crippen LogP contribution in [-0.2, 0) is 14.8 Å². The van der Waals surface area contributed by atoms with Crippen molar-refractivity contribution in [2.24, 2.45) is 0 Å². The van der Waals surface area contributed by atoms with Crippen LogP contribution in [0.4, 0.5) is 5.69 Å². The molecule has 0 aromatic heterocycles. The zero-order valence-electron chi connectivity index (χ0n) is 13.9. The predicted octanol–water partition coefficient (Wildman–Crippen LogP) is 2.96. The van der Waals surface area contributed by atoms with E-state index in [9.17, 15) is 13.2 Å². The molecule has 0 aliphatic rings. The molecule has 0 aliphatic heterocycles. The maximum Gasteiger partial charge on any atom is 0.241 e. The summed E-state index contributed by atoms with van der Waals surface area (Å²) in [4.78, 5) is 12.0. The SMILES string of the molecule is CCOc1ccc(S(=O)(=O)NCC(=O)Nc2ccc(C)c(Cl)c2)cc1. The number of rotatable bonds is 7. The number of benzene rings is 2. The van der Waals surface area contributed by atoms with E-state index < -0.39 is 15.9 Å². The van der Waals surface area contributed by atoms with Gasteiger partial charge in [-0.05, 0) is 55.8 Å². The minimum absolute atomic E-state index is 0.0575. The molecule has 2 rings (SSSR count). The van der Waals surface area contributed by atoms with Crippen LogP contribution < -0.4 is 14.8 Å². The van der Waals surface area contributed by atoms with Gasteiger partial charge in [0.15, 0.2) is 0 Å². The molecule has 2 N–H and O–H groups in total. The minimum atomic E-state index is -3.79. The second kappa shape index (κ2) is 8.33. The number of hydrogen-bond acceptors (Lipinski definition) is 4. The van der Waals surface area contributed by atoms with E-state index in [0.29, 0.717) is 23.1 Å². The number of carbonyl (C=O) groups is 1. The molecule has 0 saturated heterocycles. The van der Waals surface area contributed by atoms with Crippen LogP contribution in [0.25, 0.3) is 0 Å². The molecule has 6 nitrogen and oxygen atoms in total. The monoisotopic (exact) mass is 382 g/mol. The fourth-order valence-electron chi connectivity index (χ4n) is 2.00. The average Bonchev–Trinajstić information content (AvgIpc) is 2.57. The second-order valence-corrected chi connectivity index (χ2v) is 7.42. The molecule has 0 radical (unpaired) electrons. The van der Waals surface area contributed by atoms with Crippen LogP contribution >= 0.6 is 11.6 Å². The summed E-state index contributed by atoms with van der Waals surface area (Å²) in [7, 11) is -3.79. The molecule has 8 heteroatoms. The fraction of sp³-hybridized carbons (Fsp3) is 0.235. The highest BCUT2D eigenvalue weighted by molar-refractivity contribution is 7.89. The van der Waals surface area contributed by atoms with Crippen molar-refractivity contribution < 1.29 is 17.9 Å². The first-order valence-electron chi connectivity index (χ1n) is 7.60. The van der Waals surface area contributed by atoms with Gasteiger partial charge in [0, 0.05) is 10.7 Å². The van der Waals surface area contributed by atoms with Crippen molar-refractivity contribution in [2.45, 2.75) is 18.7 Å². The zero-order valence-corrected chi connectivity index (χ0v) is 15.4. The van der Waals surface area contributed by atoms with E-state index in [2.05, 4.69) is 10.0 Å². The molecule has 134 valence electrons. The van der Waals surface area contributed by atoms with E-state index in [4.69, 9.17) is 16.3 Å². The Kier molecular flexibility index (Phi) is 6.41. The van der Waals surface area contributed by atoms with Gasteiger partial charge < -0.3 is 10.1 Å². The van der Waals surface area contributed by atoms with Gasteiger partial charge >= 0.3 is 0 Å². The number of ether oxygens (including phenoxy) is 1. The van der Waals surface area contributed by atoms with Crippen LogP contribution in [0.2, 0.25) is 5.02 Å². The summed E-state index contributed by atoms with van der Waals surface area (Å²) >= 11 is 5.99. The number of hydrogen-bond donors (Lipinski definition) is 2. The molecule has 2 aromatic carbocycles. The standard InChI is InChI=1S/C17H19ClN2O4S/c1-3-24-14-6-8-15(9-7-14)25(22,23)19-11-17(21)20-13-5-4-12(2)16(18)10-13/h4-10,19H,3,11H2,1-2H3,(H,20,21). The van der Waals surface area contributed by atoms with Gasteiger partial charge in [0.1, 0.15) is 5.75 Å². The van der Waals surface area contributed by atoms with Crippen LogP contribution in [0.3, 0.4) is 0 Å². The highest BCUT2D eigenvalue weighted by Gasteiger charge is 2.15. The predicted molar refractivity (Wildman–Crippen MR) is 97.6 cm³/mol. The Labute approximate surface area is 152 Å². The Balaban J connectivity index is 1.96. The third-order valence-electron chi connectivity index (χ3n) is 3.32. The Morgan fingerprint density at radius 1 is 1.16 bits per heavy atom. The van der Waals surface area contributed by atoms with Crippen molar-refractivity contribution in [3.63, 3.8) is 0 Å². The summed E-state index contributed by atoms with van der Waals surface area (Å²) in [5.74, 6) is 0.0878. The summed E-state index contributed by atoms with van der Waals surface area (Å²) < 4.78 is 31.9. The van der Waals surface area contributed by atoms with Crippen molar-refractivity contribution in [2.75, 3.05) is 18.5 Å². The molecule has 25 heavy (non-hydrogen) atoms. The number of anilines is 1. The van der Waals surface area contributed by atoms with Crippen molar-refractivity contribution in [1.29, 1.82) is 0 Å². The van der Waals surface area contributed by atoms with Crippen molar-refractivity contribution in [3.05, 3.63) is 53.1 Å². The van der Waals surface area contributed by atoms with Gasteiger partial charge in [-0.25, -0.2) is 13.1 Å². The van der Waals surface area contributed by atoms with Crippen LogP contribution in [-0.4, -0.2) is 27.5 Å². The number of nitrogens with one attached hydrogen (secondary N) is 2. The van der Waals surface area contributed by atoms with E-state index >= 15 is 0 Å². The molecule has 1 amide bonds. The molecule has 0 fully saturated rings. The molecule has 0 heterocycles. The first-order chi connectivity index (χ1) is 11.8. The number of carbonyl (C=O) groups excluding carboxylic acids is 1. The second-order valence-electron chi connectivity index (χ2n) is 5.24. The van der Waals surface area contributed by atoms with Crippen LogP contribution in [0.5, 0.6) is 5.75 Å². The lowest BCUT2D eigenvalue weighted by molar-refractivity contribution is -0.115. The fourth-order valence-corrected chi connectivity index (χ4v) is 3.16. The summed E-state index contributed by atoms with van der Waals surface area (Å²) in [5.41, 5.74) is 1.39. The Hall–Kier alpha value is -2.09. The zero-order chi connectivity index (χ0) is 18.4. The lowest BCUT2D eigenvalue weighted by Crippen LogP contribution is -2.32. The van der Waals surface area contributed by atoms with Crippen LogP contribution in [0.15, 0.2) is 47.4 Å². The van der Waals surface area contributed by atoms with E-state index in [1.165, 1.54) is 12.1 Å². The number of aryl methyl sites for hydroxylation is 1. The molecule has 0 bridgehead atoms. The Morgan fingerprint density at radius 2 is 1.84 bits per heavy atom. The Morgan fingerprint density at radius 3 is 2.44 bits per heavy atom. The quantitative estimate of drug-likeness (QED) is 0.771. The molecular weight excluding hydrogens is 364 g/mol. The van der Waals surface area contributed by atoms with Gasteiger partial charge in [0.2, 0.25) is 15.9 Å². The number of halogens is 1. The van der Waals surface area contributed by atoms with E-state index in [0.717, 1.165) is 5.56 Å². The van der Waals surface area contributed by atoms with Gasteiger partial charge in [-0.2, -0.15) is 0 Å². The van der Waals surface area contributed by atoms with Crippen molar-refractivity contribution in [3.8, 4) is 5.75 Å². The highest BCUT2D eigenvalue weighted by atomic mass is 35.5. The third-order valence-corrected chi connectivity index (χ3v) is 5.15. The molecule has 0 atom stereocenters. The largest absolute Gasteiger partial charge is 0.494 e. The smallest absolute Gasteiger partial charge is 0.241 e. The molecule has 0 saturated carbocycles. The highest BCUT2D eigenvalue weighted by Crippen LogP contribution is 2.20. The van der Waals surface area contributed by atoms with Gasteiger partial charge in [-0.1, -0.05) is 17.7 Å². The number of amides is 1. The minimum Gasteiger partial charge on any atom is -0.494 e. The maximum atomic E-state index is 12.2. The summed E-state index contributed by atoms with van der Waals surface area (Å²) in [6, 6.07) is 11.0. The summed E-state index contributed by atoms with van der Waals surface area (Å²) in [6.45, 7) is 3.79. The summed E-state index contributed by atoms with van der Waals surface area (Å²) in [5, 5.41) is 3.11. The van der Waals surface area contributed by atoms with E-state index in [1.807, 2.05) is 13.8 Å². The molecule has 0 unspecified atom stereocenters. The molecule has 0 spiro atoms.